The standard InChI is InChI=1S/C13H15N3O3S/c1-16-13(14)6-12(15-16)9-2-4-10(5-3-9)19-11-7-20(17,18)8-11/h2-6,11H,7-8,14H2,1H3. The minimum atomic E-state index is -2.86. The number of hydrogen-bond donors (Lipinski definition) is 1. The van der Waals surface area contributed by atoms with Gasteiger partial charge < -0.3 is 10.5 Å². The first-order valence-corrected chi connectivity index (χ1v) is 8.02. The molecule has 1 aliphatic heterocycles. The lowest BCUT2D eigenvalue weighted by atomic mass is 10.1. The Bertz CT molecular complexity index is 703. The van der Waals surface area contributed by atoms with Gasteiger partial charge in [0.1, 0.15) is 17.7 Å². The van der Waals surface area contributed by atoms with Crippen molar-refractivity contribution in [1.29, 1.82) is 0 Å². The Morgan fingerprint density at radius 1 is 1.30 bits per heavy atom. The monoisotopic (exact) mass is 293 g/mol. The highest BCUT2D eigenvalue weighted by Crippen LogP contribution is 2.25. The van der Waals surface area contributed by atoms with E-state index >= 15 is 0 Å². The number of anilines is 1. The molecule has 0 saturated carbocycles. The molecule has 0 amide bonds. The number of hydrogen-bond acceptors (Lipinski definition) is 5. The Morgan fingerprint density at radius 3 is 2.45 bits per heavy atom. The van der Waals surface area contributed by atoms with Crippen LogP contribution in [0.25, 0.3) is 11.3 Å². The molecule has 0 bridgehead atoms. The van der Waals surface area contributed by atoms with E-state index in [-0.39, 0.29) is 17.6 Å². The Labute approximate surface area is 117 Å². The van der Waals surface area contributed by atoms with Gasteiger partial charge in [-0.25, -0.2) is 8.42 Å². The molecule has 2 N–H and O–H groups in total. The van der Waals surface area contributed by atoms with Crippen molar-refractivity contribution in [2.45, 2.75) is 6.10 Å². The quantitative estimate of drug-likeness (QED) is 0.906. The first-order chi connectivity index (χ1) is 9.43. The van der Waals surface area contributed by atoms with Crippen molar-refractivity contribution >= 4 is 15.7 Å². The second-order valence-corrected chi connectivity index (χ2v) is 7.07. The number of nitrogen functional groups attached to an aromatic ring is 1. The van der Waals surface area contributed by atoms with Gasteiger partial charge >= 0.3 is 0 Å². The fourth-order valence-electron chi connectivity index (χ4n) is 2.11. The molecule has 0 aliphatic carbocycles. The Hall–Kier alpha value is -2.02. The van der Waals surface area contributed by atoms with Crippen LogP contribution < -0.4 is 10.5 Å². The van der Waals surface area contributed by atoms with Crippen molar-refractivity contribution in [2.24, 2.45) is 7.05 Å². The largest absolute Gasteiger partial charge is 0.488 e. The summed E-state index contributed by atoms with van der Waals surface area (Å²) in [4.78, 5) is 0. The molecule has 7 heteroatoms. The first kappa shape index (κ1) is 13.0. The molecule has 0 radical (unpaired) electrons. The number of rotatable bonds is 3. The molecule has 1 fully saturated rings. The van der Waals surface area contributed by atoms with Gasteiger partial charge in [-0.15, -0.1) is 0 Å². The van der Waals surface area contributed by atoms with Crippen molar-refractivity contribution in [1.82, 2.24) is 9.78 Å². The zero-order valence-electron chi connectivity index (χ0n) is 11.0. The summed E-state index contributed by atoms with van der Waals surface area (Å²) in [5.41, 5.74) is 7.47. The lowest BCUT2D eigenvalue weighted by molar-refractivity contribution is 0.230. The number of aromatic nitrogens is 2. The summed E-state index contributed by atoms with van der Waals surface area (Å²) in [5, 5.41) is 4.29. The first-order valence-electron chi connectivity index (χ1n) is 6.20. The minimum Gasteiger partial charge on any atom is -0.488 e. The maximum atomic E-state index is 11.1. The molecule has 0 unspecified atom stereocenters. The van der Waals surface area contributed by atoms with Crippen LogP contribution in [0.2, 0.25) is 0 Å². The Kier molecular flexibility index (Phi) is 2.93. The van der Waals surface area contributed by atoms with E-state index < -0.39 is 9.84 Å². The van der Waals surface area contributed by atoms with Gasteiger partial charge in [0, 0.05) is 18.7 Å². The van der Waals surface area contributed by atoms with Crippen LogP contribution >= 0.6 is 0 Å². The molecule has 1 aromatic carbocycles. The van der Waals surface area contributed by atoms with Crippen molar-refractivity contribution in [3.8, 4) is 17.0 Å². The van der Waals surface area contributed by atoms with Crippen LogP contribution in [-0.4, -0.2) is 35.8 Å². The highest BCUT2D eigenvalue weighted by Gasteiger charge is 2.35. The van der Waals surface area contributed by atoms with Crippen molar-refractivity contribution < 1.29 is 13.2 Å². The number of nitrogens with zero attached hydrogens (tertiary/aromatic N) is 2. The number of nitrogens with two attached hydrogens (primary N) is 1. The Morgan fingerprint density at radius 2 is 1.95 bits per heavy atom. The van der Waals surface area contributed by atoms with E-state index in [1.165, 1.54) is 0 Å². The van der Waals surface area contributed by atoms with Crippen LogP contribution in [0.4, 0.5) is 5.82 Å². The van der Waals surface area contributed by atoms with Gasteiger partial charge in [-0.1, -0.05) is 0 Å². The normalized spacial score (nSPS) is 17.6. The smallest absolute Gasteiger partial charge is 0.157 e. The number of ether oxygens (including phenoxy) is 1. The highest BCUT2D eigenvalue weighted by molar-refractivity contribution is 7.92. The average molecular weight is 293 g/mol. The van der Waals surface area contributed by atoms with Gasteiger partial charge in [0.05, 0.1) is 17.2 Å². The van der Waals surface area contributed by atoms with Crippen LogP contribution in [0.3, 0.4) is 0 Å². The maximum Gasteiger partial charge on any atom is 0.157 e. The summed E-state index contributed by atoms with van der Waals surface area (Å²) < 4.78 is 29.3. The molecule has 1 aliphatic rings. The fourth-order valence-corrected chi connectivity index (χ4v) is 3.28. The minimum absolute atomic E-state index is 0.103. The van der Waals surface area contributed by atoms with Crippen molar-refractivity contribution in [2.75, 3.05) is 17.2 Å². The molecule has 0 spiro atoms. The molecule has 106 valence electrons. The molecule has 1 saturated heterocycles. The second kappa shape index (κ2) is 4.52. The molecular weight excluding hydrogens is 278 g/mol. The van der Waals surface area contributed by atoms with E-state index in [0.29, 0.717) is 11.6 Å². The van der Waals surface area contributed by atoms with Crippen LogP contribution in [0, 0.1) is 0 Å². The van der Waals surface area contributed by atoms with Gasteiger partial charge in [0.2, 0.25) is 0 Å². The van der Waals surface area contributed by atoms with E-state index in [1.54, 1.807) is 17.8 Å². The van der Waals surface area contributed by atoms with Crippen LogP contribution in [0.1, 0.15) is 0 Å². The lowest BCUT2D eigenvalue weighted by Crippen LogP contribution is -2.45. The summed E-state index contributed by atoms with van der Waals surface area (Å²) in [5.74, 6) is 1.47. The van der Waals surface area contributed by atoms with E-state index in [4.69, 9.17) is 10.5 Å². The third-order valence-electron chi connectivity index (χ3n) is 3.25. The molecular formula is C13H15N3O3S. The molecule has 1 aromatic heterocycles. The van der Waals surface area contributed by atoms with Crippen molar-refractivity contribution in [3.63, 3.8) is 0 Å². The third-order valence-corrected chi connectivity index (χ3v) is 5.01. The van der Waals surface area contributed by atoms with Gasteiger partial charge in [0.25, 0.3) is 0 Å². The number of sulfone groups is 1. The van der Waals surface area contributed by atoms with Gasteiger partial charge in [-0.05, 0) is 24.3 Å². The van der Waals surface area contributed by atoms with Crippen LogP contribution in [-0.2, 0) is 16.9 Å². The summed E-state index contributed by atoms with van der Waals surface area (Å²) in [7, 11) is -1.07. The van der Waals surface area contributed by atoms with Gasteiger partial charge in [-0.2, -0.15) is 5.10 Å². The predicted molar refractivity (Wildman–Crippen MR) is 76.1 cm³/mol. The van der Waals surface area contributed by atoms with Gasteiger partial charge in [0.15, 0.2) is 9.84 Å². The van der Waals surface area contributed by atoms with E-state index in [0.717, 1.165) is 11.3 Å². The van der Waals surface area contributed by atoms with Crippen LogP contribution in [0.5, 0.6) is 5.75 Å². The number of aryl methyl sites for hydroxylation is 1. The lowest BCUT2D eigenvalue weighted by Gasteiger charge is -2.26. The third kappa shape index (κ3) is 2.49. The summed E-state index contributed by atoms with van der Waals surface area (Å²) >= 11 is 0. The predicted octanol–water partition coefficient (Wildman–Crippen LogP) is 0.845. The Balaban J connectivity index is 1.71. The van der Waals surface area contributed by atoms with E-state index in [9.17, 15) is 8.42 Å². The number of benzene rings is 1. The summed E-state index contributed by atoms with van der Waals surface area (Å²) in [6.45, 7) is 0. The average Bonchev–Trinajstić information content (AvgIpc) is 2.68. The van der Waals surface area contributed by atoms with Crippen molar-refractivity contribution in [3.05, 3.63) is 30.3 Å². The molecule has 0 atom stereocenters. The molecule has 2 heterocycles. The SMILES string of the molecule is Cn1nc(-c2ccc(OC3CS(=O)(=O)C3)cc2)cc1N. The van der Waals surface area contributed by atoms with E-state index in [1.807, 2.05) is 24.3 Å². The molecule has 2 aromatic rings. The maximum absolute atomic E-state index is 11.1. The second-order valence-electron chi connectivity index (χ2n) is 4.92. The van der Waals surface area contributed by atoms with Gasteiger partial charge in [-0.3, -0.25) is 4.68 Å². The fraction of sp³-hybridized carbons (Fsp3) is 0.308. The zero-order chi connectivity index (χ0) is 14.3. The molecule has 6 nitrogen and oxygen atoms in total. The summed E-state index contributed by atoms with van der Waals surface area (Å²) in [6.07, 6.45) is -0.226. The van der Waals surface area contributed by atoms with Crippen LogP contribution in [0.15, 0.2) is 30.3 Å². The topological polar surface area (TPSA) is 87.2 Å². The van der Waals surface area contributed by atoms with E-state index in [2.05, 4.69) is 5.10 Å². The molecule has 20 heavy (non-hydrogen) atoms. The zero-order valence-corrected chi connectivity index (χ0v) is 11.8. The highest BCUT2D eigenvalue weighted by atomic mass is 32.2. The summed E-state index contributed by atoms with van der Waals surface area (Å²) in [6, 6.07) is 9.18. The molecule has 3 rings (SSSR count).